The average Bonchev–Trinajstić information content (AvgIpc) is 2.90. The Labute approximate surface area is 103 Å². The monoisotopic (exact) mass is 237 g/mol. The summed E-state index contributed by atoms with van der Waals surface area (Å²) < 4.78 is 5.46. The molecular formula is C13H23N3O. The summed E-state index contributed by atoms with van der Waals surface area (Å²) in [6.45, 7) is 2.19. The lowest BCUT2D eigenvalue weighted by molar-refractivity contribution is 0.0565. The van der Waals surface area contributed by atoms with Crippen LogP contribution in [0.25, 0.3) is 0 Å². The van der Waals surface area contributed by atoms with E-state index in [1.54, 1.807) is 0 Å². The molecule has 3 atom stereocenters. The van der Waals surface area contributed by atoms with Gasteiger partial charge in [-0.25, -0.2) is 4.98 Å². The van der Waals surface area contributed by atoms with E-state index in [-0.39, 0.29) is 0 Å². The highest BCUT2D eigenvalue weighted by atomic mass is 16.5. The number of aromatic nitrogens is 2. The van der Waals surface area contributed by atoms with Crippen LogP contribution in [0.5, 0.6) is 0 Å². The van der Waals surface area contributed by atoms with E-state index < -0.39 is 0 Å². The first kappa shape index (κ1) is 12.6. The van der Waals surface area contributed by atoms with E-state index in [1.807, 2.05) is 19.5 Å². The van der Waals surface area contributed by atoms with Gasteiger partial charge in [-0.1, -0.05) is 6.92 Å². The molecule has 0 spiro atoms. The summed E-state index contributed by atoms with van der Waals surface area (Å²) in [6, 6.07) is 0.898. The summed E-state index contributed by atoms with van der Waals surface area (Å²) in [5.41, 5.74) is 0. The molecule has 1 saturated carbocycles. The second-order valence-electron chi connectivity index (χ2n) is 4.82. The van der Waals surface area contributed by atoms with Crippen molar-refractivity contribution < 1.29 is 4.74 Å². The predicted molar refractivity (Wildman–Crippen MR) is 67.8 cm³/mol. The summed E-state index contributed by atoms with van der Waals surface area (Å²) in [5.74, 6) is 1.05. The van der Waals surface area contributed by atoms with Gasteiger partial charge in [0.05, 0.1) is 12.1 Å². The van der Waals surface area contributed by atoms with E-state index in [9.17, 15) is 0 Å². The van der Waals surface area contributed by atoms with Crippen LogP contribution >= 0.6 is 0 Å². The normalized spacial score (nSPS) is 26.9. The Kier molecular flexibility index (Phi) is 4.57. The van der Waals surface area contributed by atoms with Crippen LogP contribution in [-0.2, 0) is 4.74 Å². The number of aromatic amines is 1. The van der Waals surface area contributed by atoms with Gasteiger partial charge in [-0.2, -0.15) is 0 Å². The molecule has 4 heteroatoms. The Hall–Kier alpha value is -0.870. The van der Waals surface area contributed by atoms with Crippen LogP contribution in [-0.4, -0.2) is 29.2 Å². The highest BCUT2D eigenvalue weighted by Crippen LogP contribution is 2.23. The molecule has 1 aliphatic carbocycles. The zero-order valence-corrected chi connectivity index (χ0v) is 10.8. The van der Waals surface area contributed by atoms with Crippen LogP contribution in [0, 0.1) is 0 Å². The van der Waals surface area contributed by atoms with Gasteiger partial charge in [0.1, 0.15) is 5.82 Å². The third-order valence-electron chi connectivity index (χ3n) is 3.65. The number of rotatable bonds is 5. The molecule has 1 heterocycles. The molecule has 1 aliphatic rings. The minimum absolute atomic E-state index is 0.339. The Morgan fingerprint density at radius 1 is 1.59 bits per heavy atom. The Balaban J connectivity index is 1.90. The van der Waals surface area contributed by atoms with Gasteiger partial charge in [0.25, 0.3) is 0 Å². The van der Waals surface area contributed by atoms with E-state index in [2.05, 4.69) is 22.2 Å². The van der Waals surface area contributed by atoms with E-state index in [0.29, 0.717) is 18.2 Å². The molecule has 0 aromatic carbocycles. The third kappa shape index (κ3) is 3.30. The van der Waals surface area contributed by atoms with Crippen molar-refractivity contribution in [2.24, 2.45) is 0 Å². The first-order valence-corrected chi connectivity index (χ1v) is 6.61. The Bertz CT molecular complexity index is 312. The molecule has 1 aromatic rings. The molecule has 0 aliphatic heterocycles. The minimum Gasteiger partial charge on any atom is -0.381 e. The van der Waals surface area contributed by atoms with Crippen molar-refractivity contribution in [2.45, 2.75) is 57.2 Å². The zero-order valence-electron chi connectivity index (χ0n) is 10.8. The van der Waals surface area contributed by atoms with Crippen LogP contribution in [0.2, 0.25) is 0 Å². The fourth-order valence-electron chi connectivity index (χ4n) is 2.65. The van der Waals surface area contributed by atoms with Gasteiger partial charge in [-0.3, -0.25) is 0 Å². The SMILES string of the molecule is CCC(NC1CCCC(OC)C1)c1ncc[nH]1. The highest BCUT2D eigenvalue weighted by molar-refractivity contribution is 4.96. The molecular weight excluding hydrogens is 214 g/mol. The molecule has 0 bridgehead atoms. The van der Waals surface area contributed by atoms with Crippen LogP contribution in [0.3, 0.4) is 0 Å². The van der Waals surface area contributed by atoms with Gasteiger partial charge < -0.3 is 15.0 Å². The Morgan fingerprint density at radius 2 is 2.47 bits per heavy atom. The lowest BCUT2D eigenvalue weighted by atomic mass is 9.92. The Morgan fingerprint density at radius 3 is 3.12 bits per heavy atom. The van der Waals surface area contributed by atoms with Crippen LogP contribution < -0.4 is 5.32 Å². The second kappa shape index (κ2) is 6.17. The van der Waals surface area contributed by atoms with Crippen molar-refractivity contribution >= 4 is 0 Å². The van der Waals surface area contributed by atoms with Crippen LogP contribution in [0.4, 0.5) is 0 Å². The van der Waals surface area contributed by atoms with Gasteiger partial charge in [-0.05, 0) is 32.1 Å². The van der Waals surface area contributed by atoms with Crippen molar-refractivity contribution in [3.8, 4) is 0 Å². The number of nitrogens with zero attached hydrogens (tertiary/aromatic N) is 1. The van der Waals surface area contributed by atoms with Gasteiger partial charge in [0, 0.05) is 25.5 Å². The summed E-state index contributed by atoms with van der Waals surface area (Å²) in [7, 11) is 1.82. The number of methoxy groups -OCH3 is 1. The zero-order chi connectivity index (χ0) is 12.1. The number of H-pyrrole nitrogens is 1. The first-order chi connectivity index (χ1) is 8.33. The quantitative estimate of drug-likeness (QED) is 0.827. The average molecular weight is 237 g/mol. The fourth-order valence-corrected chi connectivity index (χ4v) is 2.65. The molecule has 0 amide bonds. The molecule has 2 N–H and O–H groups in total. The van der Waals surface area contributed by atoms with Crippen molar-refractivity contribution in [3.05, 3.63) is 18.2 Å². The third-order valence-corrected chi connectivity index (χ3v) is 3.65. The van der Waals surface area contributed by atoms with E-state index in [1.165, 1.54) is 19.3 Å². The number of ether oxygens (including phenoxy) is 1. The number of hydrogen-bond donors (Lipinski definition) is 2. The highest BCUT2D eigenvalue weighted by Gasteiger charge is 2.24. The molecule has 4 nitrogen and oxygen atoms in total. The van der Waals surface area contributed by atoms with Crippen molar-refractivity contribution in [2.75, 3.05) is 7.11 Å². The molecule has 0 radical (unpaired) electrons. The lowest BCUT2D eigenvalue weighted by Crippen LogP contribution is -2.39. The number of imidazole rings is 1. The van der Waals surface area contributed by atoms with Crippen molar-refractivity contribution in [3.63, 3.8) is 0 Å². The molecule has 0 saturated heterocycles. The largest absolute Gasteiger partial charge is 0.381 e. The smallest absolute Gasteiger partial charge is 0.123 e. The van der Waals surface area contributed by atoms with Crippen LogP contribution in [0.15, 0.2) is 12.4 Å². The molecule has 1 fully saturated rings. The maximum Gasteiger partial charge on any atom is 0.123 e. The molecule has 1 aromatic heterocycles. The second-order valence-corrected chi connectivity index (χ2v) is 4.82. The van der Waals surface area contributed by atoms with Gasteiger partial charge >= 0.3 is 0 Å². The molecule has 2 rings (SSSR count). The van der Waals surface area contributed by atoms with E-state index in [4.69, 9.17) is 4.74 Å². The van der Waals surface area contributed by atoms with Gasteiger partial charge in [-0.15, -0.1) is 0 Å². The summed E-state index contributed by atoms with van der Waals surface area (Å²) >= 11 is 0. The number of nitrogens with one attached hydrogen (secondary N) is 2. The first-order valence-electron chi connectivity index (χ1n) is 6.61. The van der Waals surface area contributed by atoms with E-state index in [0.717, 1.165) is 18.7 Å². The van der Waals surface area contributed by atoms with Gasteiger partial charge in [0.2, 0.25) is 0 Å². The summed E-state index contributed by atoms with van der Waals surface area (Å²) in [5, 5.41) is 3.70. The van der Waals surface area contributed by atoms with Crippen molar-refractivity contribution in [1.29, 1.82) is 0 Å². The summed E-state index contributed by atoms with van der Waals surface area (Å²) in [4.78, 5) is 7.54. The molecule has 17 heavy (non-hydrogen) atoms. The van der Waals surface area contributed by atoms with Crippen LogP contribution in [0.1, 0.15) is 50.9 Å². The number of hydrogen-bond acceptors (Lipinski definition) is 3. The standard InChI is InChI=1S/C13H23N3O/c1-3-12(13-14-7-8-15-13)16-10-5-4-6-11(9-10)17-2/h7-8,10-12,16H,3-6,9H2,1-2H3,(H,14,15). The molecule has 3 unspecified atom stereocenters. The van der Waals surface area contributed by atoms with E-state index >= 15 is 0 Å². The maximum absolute atomic E-state index is 5.46. The van der Waals surface area contributed by atoms with Crippen molar-refractivity contribution in [1.82, 2.24) is 15.3 Å². The lowest BCUT2D eigenvalue weighted by Gasteiger charge is -2.31. The predicted octanol–water partition coefficient (Wildman–Crippen LogP) is 2.41. The minimum atomic E-state index is 0.339. The topological polar surface area (TPSA) is 49.9 Å². The fraction of sp³-hybridized carbons (Fsp3) is 0.769. The summed E-state index contributed by atoms with van der Waals surface area (Å²) in [6.07, 6.45) is 10.0. The van der Waals surface area contributed by atoms with Gasteiger partial charge in [0.15, 0.2) is 0 Å². The molecule has 96 valence electrons. The maximum atomic E-state index is 5.46.